The smallest absolute Gasteiger partial charge is 0.269 e. The van der Waals surface area contributed by atoms with Crippen molar-refractivity contribution in [1.82, 2.24) is 15.2 Å². The van der Waals surface area contributed by atoms with Gasteiger partial charge in [-0.15, -0.1) is 0 Å². The minimum Gasteiger partial charge on any atom is -0.493 e. The zero-order valence-corrected chi connectivity index (χ0v) is 15.6. The first kappa shape index (κ1) is 19.3. The molecular formula is C19H21N5O4. The van der Waals surface area contributed by atoms with Gasteiger partial charge in [0.1, 0.15) is 5.82 Å². The van der Waals surface area contributed by atoms with Crippen LogP contribution in [0.15, 0.2) is 42.5 Å². The predicted octanol–water partition coefficient (Wildman–Crippen LogP) is 2.76. The normalized spacial score (nSPS) is 11.8. The van der Waals surface area contributed by atoms with Crippen LogP contribution >= 0.6 is 0 Å². The summed E-state index contributed by atoms with van der Waals surface area (Å²) in [6.45, 7) is 2.40. The van der Waals surface area contributed by atoms with Crippen molar-refractivity contribution in [2.45, 2.75) is 19.4 Å². The molecule has 1 atom stereocenters. The van der Waals surface area contributed by atoms with Gasteiger partial charge < -0.3 is 15.2 Å². The van der Waals surface area contributed by atoms with Gasteiger partial charge in [-0.1, -0.05) is 18.2 Å². The van der Waals surface area contributed by atoms with E-state index in [1.807, 2.05) is 19.1 Å². The van der Waals surface area contributed by atoms with E-state index in [0.717, 1.165) is 11.1 Å². The van der Waals surface area contributed by atoms with Gasteiger partial charge in [-0.2, -0.15) is 5.10 Å². The molecule has 9 nitrogen and oxygen atoms in total. The van der Waals surface area contributed by atoms with E-state index < -0.39 is 11.0 Å². The molecule has 28 heavy (non-hydrogen) atoms. The van der Waals surface area contributed by atoms with Gasteiger partial charge in [0.25, 0.3) is 5.69 Å². The molecule has 1 heterocycles. The van der Waals surface area contributed by atoms with Crippen molar-refractivity contribution in [1.29, 1.82) is 0 Å². The van der Waals surface area contributed by atoms with E-state index in [0.29, 0.717) is 36.2 Å². The maximum atomic E-state index is 10.7. The van der Waals surface area contributed by atoms with E-state index in [9.17, 15) is 10.1 Å². The summed E-state index contributed by atoms with van der Waals surface area (Å²) < 4.78 is 10.9. The van der Waals surface area contributed by atoms with Crippen molar-refractivity contribution in [3.05, 3.63) is 75.4 Å². The Kier molecular flexibility index (Phi) is 5.85. The lowest BCUT2D eigenvalue weighted by Gasteiger charge is -2.13. The minimum absolute atomic E-state index is 0.0497. The lowest BCUT2D eigenvalue weighted by molar-refractivity contribution is -0.384. The van der Waals surface area contributed by atoms with Gasteiger partial charge in [-0.3, -0.25) is 15.2 Å². The zero-order valence-electron chi connectivity index (χ0n) is 15.6. The third-order valence-corrected chi connectivity index (χ3v) is 4.19. The van der Waals surface area contributed by atoms with E-state index in [2.05, 4.69) is 15.2 Å². The van der Waals surface area contributed by atoms with Gasteiger partial charge in [0.15, 0.2) is 17.3 Å². The summed E-state index contributed by atoms with van der Waals surface area (Å²) in [6.07, 6.45) is 0.463. The first-order valence-corrected chi connectivity index (χ1v) is 8.72. The Bertz CT molecular complexity index is 955. The number of nitro benzene ring substituents is 1. The molecule has 3 rings (SSSR count). The van der Waals surface area contributed by atoms with Gasteiger partial charge in [0, 0.05) is 18.6 Å². The quantitative estimate of drug-likeness (QED) is 0.452. The van der Waals surface area contributed by atoms with Crippen molar-refractivity contribution in [3.63, 3.8) is 0 Å². The van der Waals surface area contributed by atoms with Crippen LogP contribution in [-0.2, 0) is 6.42 Å². The molecule has 0 aliphatic heterocycles. The third kappa shape index (κ3) is 4.26. The van der Waals surface area contributed by atoms with Crippen LogP contribution in [0.25, 0.3) is 0 Å². The van der Waals surface area contributed by atoms with E-state index in [4.69, 9.17) is 15.2 Å². The van der Waals surface area contributed by atoms with Crippen molar-refractivity contribution < 1.29 is 14.4 Å². The molecule has 0 radical (unpaired) electrons. The van der Waals surface area contributed by atoms with Crippen molar-refractivity contribution in [2.24, 2.45) is 5.73 Å². The van der Waals surface area contributed by atoms with Crippen LogP contribution in [0.4, 0.5) is 5.69 Å². The van der Waals surface area contributed by atoms with Gasteiger partial charge >= 0.3 is 0 Å². The first-order valence-electron chi connectivity index (χ1n) is 8.72. The molecule has 0 aliphatic carbocycles. The summed E-state index contributed by atoms with van der Waals surface area (Å²) in [5.74, 6) is 2.31. The number of hydrogen-bond donors (Lipinski definition) is 2. The maximum absolute atomic E-state index is 10.7. The predicted molar refractivity (Wildman–Crippen MR) is 102 cm³/mol. The Hall–Kier alpha value is -3.46. The monoisotopic (exact) mass is 383 g/mol. The number of nitrogens with one attached hydrogen (secondary N) is 1. The number of nitrogens with two attached hydrogens (primary N) is 1. The number of non-ortho nitro benzene ring substituents is 1. The molecule has 2 aromatic carbocycles. The second-order valence-corrected chi connectivity index (χ2v) is 6.06. The first-order chi connectivity index (χ1) is 13.5. The molecule has 146 valence electrons. The zero-order chi connectivity index (χ0) is 20.1. The van der Waals surface area contributed by atoms with Crippen LogP contribution in [0.1, 0.15) is 35.7 Å². The van der Waals surface area contributed by atoms with Gasteiger partial charge in [-0.05, 0) is 30.2 Å². The van der Waals surface area contributed by atoms with Crippen molar-refractivity contribution >= 4 is 5.69 Å². The number of benzene rings is 2. The average Bonchev–Trinajstić information content (AvgIpc) is 3.16. The van der Waals surface area contributed by atoms with Crippen LogP contribution in [0, 0.1) is 10.1 Å². The molecule has 3 N–H and O–H groups in total. The number of nitrogens with zero attached hydrogens (tertiary/aromatic N) is 3. The second kappa shape index (κ2) is 8.49. The van der Waals surface area contributed by atoms with E-state index in [-0.39, 0.29) is 5.69 Å². The minimum atomic E-state index is -0.535. The maximum Gasteiger partial charge on any atom is 0.269 e. The summed E-state index contributed by atoms with van der Waals surface area (Å²) in [5, 5.41) is 17.8. The van der Waals surface area contributed by atoms with E-state index in [1.54, 1.807) is 25.3 Å². The van der Waals surface area contributed by atoms with Gasteiger partial charge in [-0.25, -0.2) is 4.98 Å². The molecule has 0 amide bonds. The summed E-state index contributed by atoms with van der Waals surface area (Å²) >= 11 is 0. The Balaban J connectivity index is 1.75. The van der Waals surface area contributed by atoms with Crippen LogP contribution in [0.5, 0.6) is 11.5 Å². The average molecular weight is 383 g/mol. The fourth-order valence-electron chi connectivity index (χ4n) is 2.76. The standard InChI is InChI=1S/C19H21N5O4/c1-3-28-16-11-13(6-9-15(16)27-2)18(20)19-21-17(22-23-19)10-12-4-7-14(8-5-12)24(25)26/h4-9,11,18H,3,10,20H2,1-2H3,(H,21,22,23). The molecule has 0 aliphatic rings. The molecule has 0 saturated heterocycles. The summed E-state index contributed by atoms with van der Waals surface area (Å²) in [5.41, 5.74) is 8.04. The Morgan fingerprint density at radius 3 is 2.61 bits per heavy atom. The van der Waals surface area contributed by atoms with E-state index in [1.165, 1.54) is 12.1 Å². The SMILES string of the molecule is CCOc1cc(C(N)c2n[nH]c(Cc3ccc([N+](=O)[O-])cc3)n2)ccc1OC. The van der Waals surface area contributed by atoms with E-state index >= 15 is 0 Å². The molecule has 1 aromatic heterocycles. The number of H-pyrrole nitrogens is 1. The van der Waals surface area contributed by atoms with Crippen LogP contribution in [0.3, 0.4) is 0 Å². The molecule has 0 saturated carbocycles. The molecule has 0 bridgehead atoms. The molecule has 9 heteroatoms. The molecule has 0 fully saturated rings. The topological polar surface area (TPSA) is 129 Å². The number of nitro groups is 1. The fourth-order valence-corrected chi connectivity index (χ4v) is 2.76. The summed E-state index contributed by atoms with van der Waals surface area (Å²) in [7, 11) is 1.58. The number of aromatic nitrogens is 3. The Labute approximate surface area is 161 Å². The Morgan fingerprint density at radius 1 is 1.21 bits per heavy atom. The highest BCUT2D eigenvalue weighted by atomic mass is 16.6. The lowest BCUT2D eigenvalue weighted by Crippen LogP contribution is -2.14. The molecular weight excluding hydrogens is 362 g/mol. The van der Waals surface area contributed by atoms with Crippen molar-refractivity contribution in [2.75, 3.05) is 13.7 Å². The van der Waals surface area contributed by atoms with Crippen LogP contribution < -0.4 is 15.2 Å². The number of rotatable bonds is 8. The highest BCUT2D eigenvalue weighted by Crippen LogP contribution is 2.31. The molecule has 0 spiro atoms. The molecule has 3 aromatic rings. The third-order valence-electron chi connectivity index (χ3n) is 4.19. The van der Waals surface area contributed by atoms with Gasteiger partial charge in [0.05, 0.1) is 24.7 Å². The highest BCUT2D eigenvalue weighted by molar-refractivity contribution is 5.44. The number of aromatic amines is 1. The fraction of sp³-hybridized carbons (Fsp3) is 0.263. The highest BCUT2D eigenvalue weighted by Gasteiger charge is 2.17. The molecule has 1 unspecified atom stereocenters. The number of ether oxygens (including phenoxy) is 2. The largest absolute Gasteiger partial charge is 0.493 e. The second-order valence-electron chi connectivity index (χ2n) is 6.06. The Morgan fingerprint density at radius 2 is 1.96 bits per heavy atom. The van der Waals surface area contributed by atoms with Crippen LogP contribution in [0.2, 0.25) is 0 Å². The lowest BCUT2D eigenvalue weighted by atomic mass is 10.1. The van der Waals surface area contributed by atoms with Crippen molar-refractivity contribution in [3.8, 4) is 11.5 Å². The van der Waals surface area contributed by atoms with Crippen LogP contribution in [-0.4, -0.2) is 33.8 Å². The summed E-state index contributed by atoms with van der Waals surface area (Å²) in [6, 6.07) is 11.2. The number of hydrogen-bond acceptors (Lipinski definition) is 7. The van der Waals surface area contributed by atoms with Gasteiger partial charge in [0.2, 0.25) is 0 Å². The summed E-state index contributed by atoms with van der Waals surface area (Å²) in [4.78, 5) is 14.8. The number of methoxy groups -OCH3 is 1.